The fraction of sp³-hybridized carbons (Fsp3) is 0.250. The molecule has 0 amide bonds. The largest absolute Gasteiger partial charge is 0.495 e. The monoisotopic (exact) mass is 253 g/mol. The molecule has 4 nitrogen and oxygen atoms in total. The van der Waals surface area contributed by atoms with Gasteiger partial charge in [-0.3, -0.25) is 10.1 Å². The van der Waals surface area contributed by atoms with Crippen LogP contribution >= 0.6 is 11.8 Å². The van der Waals surface area contributed by atoms with Gasteiger partial charge in [0, 0.05) is 6.07 Å². The Kier molecular flexibility index (Phi) is 3.63. The van der Waals surface area contributed by atoms with Gasteiger partial charge >= 0.3 is 5.51 Å². The molecular formula is C8H6F3NO3S. The highest BCUT2D eigenvalue weighted by molar-refractivity contribution is 8.00. The number of benzene rings is 1. The second-order valence-electron chi connectivity index (χ2n) is 2.64. The van der Waals surface area contributed by atoms with Crippen molar-refractivity contribution in [2.45, 2.75) is 10.4 Å². The molecule has 0 aliphatic heterocycles. The minimum atomic E-state index is -4.45. The lowest BCUT2D eigenvalue weighted by Crippen LogP contribution is -2.00. The molecule has 0 saturated heterocycles. The van der Waals surface area contributed by atoms with E-state index in [4.69, 9.17) is 0 Å². The Balaban J connectivity index is 3.07. The Morgan fingerprint density at radius 3 is 2.50 bits per heavy atom. The van der Waals surface area contributed by atoms with E-state index >= 15 is 0 Å². The lowest BCUT2D eigenvalue weighted by Gasteiger charge is -2.09. The van der Waals surface area contributed by atoms with E-state index in [9.17, 15) is 23.3 Å². The number of nitro benzene ring substituents is 1. The number of hydrogen-bond acceptors (Lipinski definition) is 4. The Hall–Kier alpha value is -1.44. The first-order chi connectivity index (χ1) is 7.33. The average molecular weight is 253 g/mol. The zero-order valence-corrected chi connectivity index (χ0v) is 8.76. The van der Waals surface area contributed by atoms with Gasteiger partial charge in [0.15, 0.2) is 0 Å². The van der Waals surface area contributed by atoms with Crippen molar-refractivity contribution in [2.24, 2.45) is 0 Å². The molecule has 0 spiro atoms. The molecule has 0 aromatic heterocycles. The Morgan fingerprint density at radius 2 is 2.06 bits per heavy atom. The van der Waals surface area contributed by atoms with E-state index in [1.807, 2.05) is 0 Å². The number of hydrogen-bond donors (Lipinski definition) is 0. The van der Waals surface area contributed by atoms with Crippen molar-refractivity contribution in [3.63, 3.8) is 0 Å². The van der Waals surface area contributed by atoms with Crippen molar-refractivity contribution in [3.05, 3.63) is 28.3 Å². The average Bonchev–Trinajstić information content (AvgIpc) is 2.15. The molecule has 0 radical (unpaired) electrons. The lowest BCUT2D eigenvalue weighted by atomic mass is 10.3. The maximum absolute atomic E-state index is 12.1. The molecule has 0 aliphatic rings. The van der Waals surface area contributed by atoms with Gasteiger partial charge in [-0.05, 0) is 17.8 Å². The molecular weight excluding hydrogens is 247 g/mol. The summed E-state index contributed by atoms with van der Waals surface area (Å²) in [6.07, 6.45) is 0. The SMILES string of the molecule is COc1cc([N+](=O)[O-])ccc1SC(F)(F)F. The highest BCUT2D eigenvalue weighted by atomic mass is 32.2. The van der Waals surface area contributed by atoms with Crippen LogP contribution in [0.25, 0.3) is 0 Å². The Bertz CT molecular complexity index is 408. The van der Waals surface area contributed by atoms with Crippen LogP contribution in [0, 0.1) is 10.1 Å². The van der Waals surface area contributed by atoms with Crippen molar-refractivity contribution in [3.8, 4) is 5.75 Å². The highest BCUT2D eigenvalue weighted by Crippen LogP contribution is 2.42. The van der Waals surface area contributed by atoms with Gasteiger partial charge in [-0.25, -0.2) is 0 Å². The fourth-order valence-electron chi connectivity index (χ4n) is 0.979. The number of thioether (sulfide) groups is 1. The molecule has 1 aromatic rings. The predicted molar refractivity (Wildman–Crippen MR) is 51.6 cm³/mol. The number of methoxy groups -OCH3 is 1. The Labute approximate surface area is 92.5 Å². The summed E-state index contributed by atoms with van der Waals surface area (Å²) in [5, 5.41) is 10.4. The Morgan fingerprint density at radius 1 is 1.44 bits per heavy atom. The minimum Gasteiger partial charge on any atom is -0.495 e. The number of alkyl halides is 3. The van der Waals surface area contributed by atoms with E-state index in [1.54, 1.807) is 0 Å². The highest BCUT2D eigenvalue weighted by Gasteiger charge is 2.31. The van der Waals surface area contributed by atoms with Crippen LogP contribution in [0.3, 0.4) is 0 Å². The molecule has 8 heteroatoms. The van der Waals surface area contributed by atoms with Crippen LogP contribution in [0.1, 0.15) is 0 Å². The van der Waals surface area contributed by atoms with Crippen LogP contribution in [0.4, 0.5) is 18.9 Å². The van der Waals surface area contributed by atoms with Crippen LogP contribution in [-0.2, 0) is 0 Å². The predicted octanol–water partition coefficient (Wildman–Crippen LogP) is 3.22. The zero-order valence-electron chi connectivity index (χ0n) is 7.95. The van der Waals surface area contributed by atoms with Gasteiger partial charge in [0.2, 0.25) is 0 Å². The molecule has 88 valence electrons. The third-order valence-electron chi connectivity index (χ3n) is 1.58. The van der Waals surface area contributed by atoms with E-state index in [2.05, 4.69) is 4.74 Å². The topological polar surface area (TPSA) is 52.4 Å². The number of nitrogens with zero attached hydrogens (tertiary/aromatic N) is 1. The first kappa shape index (κ1) is 12.6. The van der Waals surface area contributed by atoms with Gasteiger partial charge in [0.25, 0.3) is 5.69 Å². The van der Waals surface area contributed by atoms with E-state index < -0.39 is 10.4 Å². The number of ether oxygens (including phenoxy) is 1. The van der Waals surface area contributed by atoms with Crippen LogP contribution in [0.15, 0.2) is 23.1 Å². The summed E-state index contributed by atoms with van der Waals surface area (Å²) in [6.45, 7) is 0. The van der Waals surface area contributed by atoms with Gasteiger partial charge in [0.1, 0.15) is 5.75 Å². The third kappa shape index (κ3) is 3.30. The fourth-order valence-corrected chi connectivity index (χ4v) is 1.61. The summed E-state index contributed by atoms with van der Waals surface area (Å²) in [5.74, 6) is -0.170. The summed E-state index contributed by atoms with van der Waals surface area (Å²) < 4.78 is 40.9. The van der Waals surface area contributed by atoms with Gasteiger partial charge in [-0.15, -0.1) is 0 Å². The quantitative estimate of drug-likeness (QED) is 0.471. The van der Waals surface area contributed by atoms with Crippen molar-refractivity contribution in [2.75, 3.05) is 7.11 Å². The van der Waals surface area contributed by atoms with Crippen molar-refractivity contribution < 1.29 is 22.8 Å². The molecule has 0 aliphatic carbocycles. The summed E-state index contributed by atoms with van der Waals surface area (Å²) in [5.41, 5.74) is -4.77. The summed E-state index contributed by atoms with van der Waals surface area (Å²) in [4.78, 5) is 9.47. The second-order valence-corrected chi connectivity index (χ2v) is 3.75. The number of halogens is 3. The first-order valence-electron chi connectivity index (χ1n) is 3.91. The van der Waals surface area contributed by atoms with Crippen LogP contribution < -0.4 is 4.74 Å². The molecule has 1 rings (SSSR count). The van der Waals surface area contributed by atoms with Crippen LogP contribution in [-0.4, -0.2) is 17.5 Å². The maximum Gasteiger partial charge on any atom is 0.446 e. The van der Waals surface area contributed by atoms with E-state index in [-0.39, 0.29) is 28.1 Å². The number of non-ortho nitro benzene ring substituents is 1. The zero-order chi connectivity index (χ0) is 12.3. The standard InChI is InChI=1S/C8H6F3NO3S/c1-15-6-4-5(12(13)14)2-3-7(6)16-8(9,10)11/h2-4H,1H3. The van der Waals surface area contributed by atoms with Crippen molar-refractivity contribution in [1.29, 1.82) is 0 Å². The summed E-state index contributed by atoms with van der Waals surface area (Å²) in [6, 6.07) is 2.96. The molecule has 0 N–H and O–H groups in total. The minimum absolute atomic E-state index is 0.170. The summed E-state index contributed by atoms with van der Waals surface area (Å²) >= 11 is -0.375. The lowest BCUT2D eigenvalue weighted by molar-refractivity contribution is -0.385. The second kappa shape index (κ2) is 4.60. The third-order valence-corrected chi connectivity index (χ3v) is 2.37. The van der Waals surface area contributed by atoms with E-state index in [0.717, 1.165) is 25.3 Å². The van der Waals surface area contributed by atoms with Crippen molar-refractivity contribution in [1.82, 2.24) is 0 Å². The summed E-state index contributed by atoms with van der Waals surface area (Å²) in [7, 11) is 1.15. The van der Waals surface area contributed by atoms with Gasteiger partial charge < -0.3 is 4.74 Å². The molecule has 0 atom stereocenters. The molecule has 0 heterocycles. The molecule has 0 bridgehead atoms. The van der Waals surface area contributed by atoms with Gasteiger partial charge in [-0.1, -0.05) is 0 Å². The van der Waals surface area contributed by atoms with Crippen molar-refractivity contribution >= 4 is 17.4 Å². The molecule has 16 heavy (non-hydrogen) atoms. The normalized spacial score (nSPS) is 11.2. The maximum atomic E-state index is 12.1. The van der Waals surface area contributed by atoms with Crippen LogP contribution in [0.2, 0.25) is 0 Å². The number of nitro groups is 1. The van der Waals surface area contributed by atoms with Crippen LogP contribution in [0.5, 0.6) is 5.75 Å². The molecule has 1 aromatic carbocycles. The van der Waals surface area contributed by atoms with Gasteiger partial charge in [-0.2, -0.15) is 13.2 Å². The van der Waals surface area contributed by atoms with E-state index in [1.165, 1.54) is 0 Å². The molecule has 0 unspecified atom stereocenters. The smallest absolute Gasteiger partial charge is 0.446 e. The number of rotatable bonds is 3. The van der Waals surface area contributed by atoms with Gasteiger partial charge in [0.05, 0.1) is 23.0 Å². The van der Waals surface area contributed by atoms with E-state index in [0.29, 0.717) is 0 Å². The molecule has 0 saturated carbocycles. The molecule has 0 fully saturated rings. The first-order valence-corrected chi connectivity index (χ1v) is 4.73.